The Labute approximate surface area is 209 Å². The van der Waals surface area contributed by atoms with Crippen LogP contribution < -0.4 is 23.8 Å². The number of amides is 1. The van der Waals surface area contributed by atoms with E-state index in [2.05, 4.69) is 5.32 Å². The van der Waals surface area contributed by atoms with Crippen molar-refractivity contribution in [2.45, 2.75) is 31.4 Å². The van der Waals surface area contributed by atoms with E-state index in [0.717, 1.165) is 15.9 Å². The molecule has 1 heterocycles. The van der Waals surface area contributed by atoms with Gasteiger partial charge in [-0.15, -0.1) is 0 Å². The van der Waals surface area contributed by atoms with Gasteiger partial charge in [-0.25, -0.2) is 12.8 Å². The molecule has 0 saturated heterocycles. The maximum atomic E-state index is 14.0. The van der Waals surface area contributed by atoms with Gasteiger partial charge in [0.25, 0.3) is 10.0 Å². The van der Waals surface area contributed by atoms with Crippen molar-refractivity contribution in [3.8, 4) is 17.2 Å². The van der Waals surface area contributed by atoms with Gasteiger partial charge in [-0.1, -0.05) is 18.2 Å². The predicted octanol–water partition coefficient (Wildman–Crippen LogP) is 3.90. The van der Waals surface area contributed by atoms with Gasteiger partial charge >= 0.3 is 0 Å². The number of nitrogens with one attached hydrogen (secondary N) is 1. The van der Waals surface area contributed by atoms with Gasteiger partial charge in [0.05, 0.1) is 16.7 Å². The molecular formula is C26H27FN2O6S. The van der Waals surface area contributed by atoms with Crippen molar-refractivity contribution in [1.82, 2.24) is 5.32 Å². The first-order valence-corrected chi connectivity index (χ1v) is 12.9. The number of benzene rings is 3. The maximum Gasteiger partial charge on any atom is 0.264 e. The van der Waals surface area contributed by atoms with Gasteiger partial charge in [-0.2, -0.15) is 0 Å². The number of hydrogen-bond acceptors (Lipinski definition) is 6. The Balaban J connectivity index is 1.56. The van der Waals surface area contributed by atoms with Crippen molar-refractivity contribution in [1.29, 1.82) is 0 Å². The molecule has 1 amide bonds. The van der Waals surface area contributed by atoms with E-state index in [1.54, 1.807) is 6.07 Å². The van der Waals surface area contributed by atoms with Crippen molar-refractivity contribution >= 4 is 21.6 Å². The summed E-state index contributed by atoms with van der Waals surface area (Å²) < 4.78 is 58.7. The lowest BCUT2D eigenvalue weighted by Crippen LogP contribution is -2.40. The molecule has 3 aromatic carbocycles. The average Bonchev–Trinajstić information content (AvgIpc) is 2.85. The van der Waals surface area contributed by atoms with Crippen LogP contribution in [0.1, 0.15) is 19.4 Å². The summed E-state index contributed by atoms with van der Waals surface area (Å²) in [4.78, 5) is 12.8. The molecule has 1 aliphatic rings. The fourth-order valence-corrected chi connectivity index (χ4v) is 5.07. The second-order valence-corrected chi connectivity index (χ2v) is 10.3. The number of halogens is 1. The molecule has 0 bridgehead atoms. The zero-order valence-electron chi connectivity index (χ0n) is 19.9. The Morgan fingerprint density at radius 2 is 1.78 bits per heavy atom. The van der Waals surface area contributed by atoms with Crippen molar-refractivity contribution in [3.05, 3.63) is 78.1 Å². The molecule has 10 heteroatoms. The molecule has 4 rings (SSSR count). The number of nitrogens with zero attached hydrogens (tertiary/aromatic N) is 1. The van der Waals surface area contributed by atoms with Crippen molar-refractivity contribution in [2.75, 3.05) is 24.1 Å². The first-order chi connectivity index (χ1) is 17.2. The second-order valence-electron chi connectivity index (χ2n) is 8.39. The van der Waals surface area contributed by atoms with Gasteiger partial charge in [0.1, 0.15) is 31.3 Å². The molecule has 0 fully saturated rings. The number of carbonyl (C=O) groups excluding carboxylic acids is 1. The molecule has 1 N–H and O–H groups in total. The first-order valence-electron chi connectivity index (χ1n) is 11.4. The summed E-state index contributed by atoms with van der Waals surface area (Å²) in [7, 11) is -4.25. The molecule has 0 radical (unpaired) electrons. The van der Waals surface area contributed by atoms with Gasteiger partial charge < -0.3 is 19.5 Å². The van der Waals surface area contributed by atoms with Crippen LogP contribution in [0, 0.1) is 5.82 Å². The van der Waals surface area contributed by atoms with Crippen LogP contribution in [0.25, 0.3) is 0 Å². The highest BCUT2D eigenvalue weighted by atomic mass is 32.2. The Hall–Kier alpha value is -3.79. The lowest BCUT2D eigenvalue weighted by atomic mass is 10.2. The minimum absolute atomic E-state index is 0.000399. The summed E-state index contributed by atoms with van der Waals surface area (Å²) in [5, 5.41) is 2.73. The number of ether oxygens (including phenoxy) is 3. The number of hydrogen-bond donors (Lipinski definition) is 1. The highest BCUT2D eigenvalue weighted by Gasteiger charge is 2.29. The van der Waals surface area contributed by atoms with Crippen LogP contribution in [0.3, 0.4) is 0 Å². The quantitative estimate of drug-likeness (QED) is 0.466. The lowest BCUT2D eigenvalue weighted by Gasteiger charge is -2.25. The van der Waals surface area contributed by atoms with E-state index < -0.39 is 28.3 Å². The third-order valence-electron chi connectivity index (χ3n) is 5.24. The Morgan fingerprint density at radius 1 is 1.03 bits per heavy atom. The van der Waals surface area contributed by atoms with Crippen LogP contribution in [0.15, 0.2) is 71.6 Å². The summed E-state index contributed by atoms with van der Waals surface area (Å²) in [6.45, 7) is 4.09. The van der Waals surface area contributed by atoms with E-state index in [1.807, 2.05) is 32.0 Å². The first kappa shape index (κ1) is 25.3. The summed E-state index contributed by atoms with van der Waals surface area (Å²) in [5.74, 6) is 0.195. The molecule has 0 unspecified atom stereocenters. The van der Waals surface area contributed by atoms with E-state index in [1.165, 1.54) is 36.4 Å². The topological polar surface area (TPSA) is 94.2 Å². The van der Waals surface area contributed by atoms with Crippen LogP contribution in [0.5, 0.6) is 17.2 Å². The summed E-state index contributed by atoms with van der Waals surface area (Å²) in [5.41, 5.74) is 0.806. The zero-order chi connectivity index (χ0) is 25.7. The number of anilines is 1. The third-order valence-corrected chi connectivity index (χ3v) is 7.01. The second kappa shape index (κ2) is 10.9. The fraction of sp³-hybridized carbons (Fsp3) is 0.269. The molecule has 1 aliphatic heterocycles. The standard InChI is InChI=1S/C26H27FN2O6S/c1-18(2)35-22-8-3-5-19(13-22)16-28-26(30)17-29(21-7-4-6-20(27)14-21)36(31,32)23-9-10-24-25(15-23)34-12-11-33-24/h3-10,13-15,18H,11-12,16-17H2,1-2H3,(H,28,30). The van der Waals surface area contributed by atoms with E-state index in [-0.39, 0.29) is 35.6 Å². The summed E-state index contributed by atoms with van der Waals surface area (Å²) in [6, 6.07) is 16.5. The minimum atomic E-state index is -4.25. The molecular weight excluding hydrogens is 487 g/mol. The Bertz CT molecular complexity index is 1350. The van der Waals surface area contributed by atoms with Crippen molar-refractivity contribution in [2.24, 2.45) is 0 Å². The zero-order valence-corrected chi connectivity index (χ0v) is 20.8. The van der Waals surface area contributed by atoms with Crippen LogP contribution in [0.4, 0.5) is 10.1 Å². The molecule has 0 saturated carbocycles. The van der Waals surface area contributed by atoms with Gasteiger partial charge in [-0.05, 0) is 61.9 Å². The Morgan fingerprint density at radius 3 is 2.53 bits per heavy atom. The van der Waals surface area contributed by atoms with E-state index >= 15 is 0 Å². The SMILES string of the molecule is CC(C)Oc1cccc(CNC(=O)CN(c2cccc(F)c2)S(=O)(=O)c2ccc3c(c2)OCCO3)c1. The van der Waals surface area contributed by atoms with Gasteiger partial charge in [0, 0.05) is 12.6 Å². The minimum Gasteiger partial charge on any atom is -0.491 e. The van der Waals surface area contributed by atoms with E-state index in [4.69, 9.17) is 14.2 Å². The molecule has 0 spiro atoms. The lowest BCUT2D eigenvalue weighted by molar-refractivity contribution is -0.119. The number of sulfonamides is 1. The van der Waals surface area contributed by atoms with Crippen LogP contribution >= 0.6 is 0 Å². The summed E-state index contributed by atoms with van der Waals surface area (Å²) in [6.07, 6.45) is 0.000399. The highest BCUT2D eigenvalue weighted by molar-refractivity contribution is 7.92. The molecule has 3 aromatic rings. The normalized spacial score (nSPS) is 12.8. The largest absolute Gasteiger partial charge is 0.491 e. The molecule has 0 aromatic heterocycles. The number of rotatable bonds is 9. The molecule has 0 atom stereocenters. The monoisotopic (exact) mass is 514 g/mol. The van der Waals surface area contributed by atoms with Crippen LogP contribution in [0.2, 0.25) is 0 Å². The van der Waals surface area contributed by atoms with Crippen molar-refractivity contribution in [3.63, 3.8) is 0 Å². The van der Waals surface area contributed by atoms with Gasteiger partial charge in [0.15, 0.2) is 11.5 Å². The van der Waals surface area contributed by atoms with Gasteiger partial charge in [0.2, 0.25) is 5.91 Å². The fourth-order valence-electron chi connectivity index (χ4n) is 3.65. The van der Waals surface area contributed by atoms with Crippen molar-refractivity contribution < 1.29 is 31.8 Å². The molecule has 8 nitrogen and oxygen atoms in total. The third kappa shape index (κ3) is 6.06. The molecule has 190 valence electrons. The van der Waals surface area contributed by atoms with E-state index in [9.17, 15) is 17.6 Å². The molecule has 36 heavy (non-hydrogen) atoms. The number of carbonyl (C=O) groups is 1. The van der Waals surface area contributed by atoms with Crippen LogP contribution in [-0.2, 0) is 21.4 Å². The van der Waals surface area contributed by atoms with E-state index in [0.29, 0.717) is 18.1 Å². The maximum absolute atomic E-state index is 14.0. The molecule has 0 aliphatic carbocycles. The summed E-state index contributed by atoms with van der Waals surface area (Å²) >= 11 is 0. The number of fused-ring (bicyclic) bond motifs is 1. The predicted molar refractivity (Wildman–Crippen MR) is 132 cm³/mol. The highest BCUT2D eigenvalue weighted by Crippen LogP contribution is 2.34. The smallest absolute Gasteiger partial charge is 0.264 e. The van der Waals surface area contributed by atoms with Gasteiger partial charge in [-0.3, -0.25) is 9.10 Å². The average molecular weight is 515 g/mol. The Kier molecular flexibility index (Phi) is 7.64. The van der Waals surface area contributed by atoms with Crippen LogP contribution in [-0.4, -0.2) is 40.2 Å².